The van der Waals surface area contributed by atoms with E-state index < -0.39 is 12.4 Å². The van der Waals surface area contributed by atoms with E-state index in [2.05, 4.69) is 5.32 Å². The molecule has 15 heavy (non-hydrogen) atoms. The molecule has 84 valence electrons. The van der Waals surface area contributed by atoms with Gasteiger partial charge in [0.05, 0.1) is 0 Å². The molecule has 0 aliphatic heterocycles. The monoisotopic (exact) mass is 211 g/mol. The third kappa shape index (κ3) is 2.49. The first-order valence-corrected chi connectivity index (χ1v) is 5.66. The van der Waals surface area contributed by atoms with Crippen LogP contribution in [0.2, 0.25) is 0 Å². The second kappa shape index (κ2) is 4.21. The van der Waals surface area contributed by atoms with Gasteiger partial charge in [0.25, 0.3) is 0 Å². The molecule has 3 rings (SSSR count). The van der Waals surface area contributed by atoms with Crippen LogP contribution in [0.4, 0.5) is 0 Å². The quantitative estimate of drug-likeness (QED) is 0.688. The zero-order valence-corrected chi connectivity index (χ0v) is 8.74. The minimum absolute atomic E-state index is 0.240. The van der Waals surface area contributed by atoms with Gasteiger partial charge in [0.2, 0.25) is 5.91 Å². The summed E-state index contributed by atoms with van der Waals surface area (Å²) in [6, 6.07) is 0.240. The third-order valence-corrected chi connectivity index (χ3v) is 3.71. The first-order valence-electron chi connectivity index (χ1n) is 5.66. The Kier molecular flexibility index (Phi) is 2.93. The zero-order chi connectivity index (χ0) is 10.8. The molecule has 4 nitrogen and oxygen atoms in total. The molecule has 2 bridgehead atoms. The van der Waals surface area contributed by atoms with E-state index in [4.69, 9.17) is 5.11 Å². The number of carboxylic acids is 1. The summed E-state index contributed by atoms with van der Waals surface area (Å²) in [5.74, 6) is -0.0357. The second-order valence-electron chi connectivity index (χ2n) is 4.76. The summed E-state index contributed by atoms with van der Waals surface area (Å²) in [7, 11) is 0. The number of carbonyl (C=O) groups excluding carboxylic acids is 1. The summed E-state index contributed by atoms with van der Waals surface area (Å²) < 4.78 is 0. The summed E-state index contributed by atoms with van der Waals surface area (Å²) in [6.45, 7) is 0. The molecule has 1 atom stereocenters. The number of rotatable bonds is 3. The van der Waals surface area contributed by atoms with E-state index in [-0.39, 0.29) is 11.9 Å². The molecule has 3 aliphatic rings. The molecule has 2 N–H and O–H groups in total. The first-order chi connectivity index (χ1) is 7.15. The standard InChI is InChI=1S/C11H17NO3/c13-10(6-11(14)15)12-9-5-7-1-3-8(9)4-2-7/h7-9H,1-6H2,(H,12,13)(H,14,15). The Morgan fingerprint density at radius 1 is 1.20 bits per heavy atom. The van der Waals surface area contributed by atoms with Gasteiger partial charge in [-0.15, -0.1) is 0 Å². The number of carboxylic acid groups (broad SMARTS) is 1. The van der Waals surface area contributed by atoms with Crippen LogP contribution in [-0.4, -0.2) is 23.0 Å². The Morgan fingerprint density at radius 2 is 1.87 bits per heavy atom. The van der Waals surface area contributed by atoms with Crippen LogP contribution < -0.4 is 5.32 Å². The molecule has 0 aromatic rings. The Hall–Kier alpha value is -1.06. The average Bonchev–Trinajstić information content (AvgIpc) is 2.17. The molecule has 1 amide bonds. The molecule has 0 spiro atoms. The summed E-state index contributed by atoms with van der Waals surface area (Å²) in [5, 5.41) is 11.3. The smallest absolute Gasteiger partial charge is 0.312 e. The molecule has 0 aromatic heterocycles. The highest BCUT2D eigenvalue weighted by atomic mass is 16.4. The fourth-order valence-electron chi connectivity index (χ4n) is 2.95. The minimum atomic E-state index is -1.05. The van der Waals surface area contributed by atoms with E-state index in [1.807, 2.05) is 0 Å². The maximum atomic E-state index is 11.3. The van der Waals surface area contributed by atoms with Crippen LogP contribution in [0.5, 0.6) is 0 Å². The number of fused-ring (bicyclic) bond motifs is 3. The topological polar surface area (TPSA) is 66.4 Å². The summed E-state index contributed by atoms with van der Waals surface area (Å²) in [4.78, 5) is 21.7. The van der Waals surface area contributed by atoms with Crippen molar-refractivity contribution >= 4 is 11.9 Å². The van der Waals surface area contributed by atoms with Crippen LogP contribution in [0.1, 0.15) is 38.5 Å². The fourth-order valence-corrected chi connectivity index (χ4v) is 2.95. The highest BCUT2D eigenvalue weighted by Crippen LogP contribution is 2.41. The van der Waals surface area contributed by atoms with Gasteiger partial charge in [-0.05, 0) is 31.1 Å². The van der Waals surface area contributed by atoms with Gasteiger partial charge in [-0.25, -0.2) is 0 Å². The molecule has 1 unspecified atom stereocenters. The van der Waals surface area contributed by atoms with Gasteiger partial charge in [-0.2, -0.15) is 0 Å². The number of nitrogens with one attached hydrogen (secondary N) is 1. The van der Waals surface area contributed by atoms with Crippen LogP contribution >= 0.6 is 0 Å². The lowest BCUT2D eigenvalue weighted by Gasteiger charge is -2.42. The van der Waals surface area contributed by atoms with E-state index in [0.717, 1.165) is 12.3 Å². The third-order valence-electron chi connectivity index (χ3n) is 3.71. The Bertz CT molecular complexity index is 269. The van der Waals surface area contributed by atoms with Gasteiger partial charge >= 0.3 is 5.97 Å². The molecule has 3 saturated carbocycles. The number of hydrogen-bond donors (Lipinski definition) is 2. The predicted molar refractivity (Wildman–Crippen MR) is 54.2 cm³/mol. The largest absolute Gasteiger partial charge is 0.481 e. The lowest BCUT2D eigenvalue weighted by atomic mass is 9.68. The summed E-state index contributed by atoms with van der Waals surface area (Å²) in [5.41, 5.74) is 0. The van der Waals surface area contributed by atoms with Gasteiger partial charge in [0.15, 0.2) is 0 Å². The Balaban J connectivity index is 1.84. The summed E-state index contributed by atoms with van der Waals surface area (Å²) >= 11 is 0. The van der Waals surface area contributed by atoms with Crippen LogP contribution in [0.3, 0.4) is 0 Å². The molecule has 3 aliphatic carbocycles. The Labute approximate surface area is 89.0 Å². The molecule has 0 heterocycles. The van der Waals surface area contributed by atoms with Crippen LogP contribution in [0.15, 0.2) is 0 Å². The molecule has 3 fully saturated rings. The molecule has 0 radical (unpaired) electrons. The van der Waals surface area contributed by atoms with E-state index in [1.165, 1.54) is 25.7 Å². The molecular formula is C11H17NO3. The number of amides is 1. The van der Waals surface area contributed by atoms with Crippen molar-refractivity contribution in [2.24, 2.45) is 11.8 Å². The molecule has 0 aromatic carbocycles. The number of carbonyl (C=O) groups is 2. The predicted octanol–water partition coefficient (Wildman–Crippen LogP) is 1.16. The number of hydrogen-bond acceptors (Lipinski definition) is 2. The SMILES string of the molecule is O=C(O)CC(=O)NC1CC2CCC1CC2. The van der Waals surface area contributed by atoms with Crippen molar-refractivity contribution in [3.63, 3.8) is 0 Å². The summed E-state index contributed by atoms with van der Waals surface area (Å²) in [6.07, 6.45) is 5.63. The molecule has 0 saturated heterocycles. The zero-order valence-electron chi connectivity index (χ0n) is 8.74. The van der Waals surface area contributed by atoms with Crippen molar-refractivity contribution in [1.29, 1.82) is 0 Å². The van der Waals surface area contributed by atoms with Crippen molar-refractivity contribution in [3.8, 4) is 0 Å². The van der Waals surface area contributed by atoms with Gasteiger partial charge in [-0.1, -0.05) is 12.8 Å². The molecular weight excluding hydrogens is 194 g/mol. The van der Waals surface area contributed by atoms with Crippen molar-refractivity contribution in [3.05, 3.63) is 0 Å². The first kappa shape index (κ1) is 10.5. The van der Waals surface area contributed by atoms with Crippen molar-refractivity contribution in [2.45, 2.75) is 44.6 Å². The van der Waals surface area contributed by atoms with Crippen molar-refractivity contribution < 1.29 is 14.7 Å². The number of aliphatic carboxylic acids is 1. The van der Waals surface area contributed by atoms with Gasteiger partial charge in [0.1, 0.15) is 6.42 Å². The Morgan fingerprint density at radius 3 is 2.33 bits per heavy atom. The highest BCUT2D eigenvalue weighted by molar-refractivity contribution is 5.93. The van der Waals surface area contributed by atoms with E-state index >= 15 is 0 Å². The van der Waals surface area contributed by atoms with E-state index in [0.29, 0.717) is 5.92 Å². The van der Waals surface area contributed by atoms with Crippen molar-refractivity contribution in [1.82, 2.24) is 5.32 Å². The average molecular weight is 211 g/mol. The maximum Gasteiger partial charge on any atom is 0.312 e. The van der Waals surface area contributed by atoms with Crippen molar-refractivity contribution in [2.75, 3.05) is 0 Å². The normalized spacial score (nSPS) is 33.7. The maximum absolute atomic E-state index is 11.3. The lowest BCUT2D eigenvalue weighted by molar-refractivity contribution is -0.141. The molecule has 4 heteroatoms. The van der Waals surface area contributed by atoms with Crippen LogP contribution in [0, 0.1) is 11.8 Å². The van der Waals surface area contributed by atoms with E-state index in [9.17, 15) is 9.59 Å². The minimum Gasteiger partial charge on any atom is -0.481 e. The fraction of sp³-hybridized carbons (Fsp3) is 0.818. The lowest BCUT2D eigenvalue weighted by Crippen LogP contribution is -2.47. The second-order valence-corrected chi connectivity index (χ2v) is 4.76. The van der Waals surface area contributed by atoms with Crippen LogP contribution in [-0.2, 0) is 9.59 Å². The van der Waals surface area contributed by atoms with Gasteiger partial charge in [-0.3, -0.25) is 9.59 Å². The van der Waals surface area contributed by atoms with E-state index in [1.54, 1.807) is 0 Å². The van der Waals surface area contributed by atoms with Gasteiger partial charge in [0, 0.05) is 6.04 Å². The van der Waals surface area contributed by atoms with Crippen LogP contribution in [0.25, 0.3) is 0 Å². The van der Waals surface area contributed by atoms with Gasteiger partial charge < -0.3 is 10.4 Å². The highest BCUT2D eigenvalue weighted by Gasteiger charge is 2.36.